The number of benzene rings is 12. The Hall–Kier alpha value is -9.36. The highest BCUT2D eigenvalue weighted by atomic mass is 14.5. The Morgan fingerprint density at radius 2 is 0.297 bits per heavy atom. The van der Waals surface area contributed by atoms with Gasteiger partial charge in [0.2, 0.25) is 0 Å². The van der Waals surface area contributed by atoms with Gasteiger partial charge >= 0.3 is 0 Å². The maximum atomic E-state index is 2.52. The molecule has 12 aromatic carbocycles. The molecule has 0 aliphatic heterocycles. The van der Waals surface area contributed by atoms with Crippen LogP contribution in [-0.2, 0) is 5.41 Å². The normalized spacial score (nSPS) is 12.3. The van der Waals surface area contributed by atoms with Crippen LogP contribution in [0.4, 0.5) is 0 Å². The highest BCUT2D eigenvalue weighted by molar-refractivity contribution is 5.99. The monoisotopic (exact) mass is 940 g/mol. The molecule has 0 nitrogen and oxygen atoms in total. The van der Waals surface area contributed by atoms with Crippen LogP contribution in [0.1, 0.15) is 29.7 Å². The van der Waals surface area contributed by atoms with Crippen LogP contribution in [0.15, 0.2) is 291 Å². The standard InChI is InChI=1S/C73H48.CH4/c1-5-13-49(14-6-1)53-21-29-57(30-22-53)61-37-41-65-66-42-38-62(58-31-23-54(24-32-58)50-15-7-2-8-16-50)46-70(66)73(69(65)45-61)71-47-63(59-33-25-55(26-34-59)51-17-9-3-10-18-51)39-43-67(71)68-44-40-64(48-72(68)73)60-35-27-56(28-36-60)52-19-11-4-12-20-52;/h1-48H;1H4. The maximum absolute atomic E-state index is 2.52. The summed E-state index contributed by atoms with van der Waals surface area (Å²) < 4.78 is 0. The molecule has 0 amide bonds. The van der Waals surface area contributed by atoms with Crippen molar-refractivity contribution >= 4 is 0 Å². The fraction of sp³-hybridized carbons (Fsp3) is 0.0270. The molecular weight excluding hydrogens is 889 g/mol. The molecule has 0 heterocycles. The van der Waals surface area contributed by atoms with Gasteiger partial charge in [-0.2, -0.15) is 0 Å². The van der Waals surface area contributed by atoms with Crippen molar-refractivity contribution in [2.45, 2.75) is 12.8 Å². The average Bonchev–Trinajstić information content (AvgIpc) is 3.97. The van der Waals surface area contributed by atoms with Gasteiger partial charge in [0.05, 0.1) is 5.41 Å². The summed E-state index contributed by atoms with van der Waals surface area (Å²) in [6.07, 6.45) is 0. The molecule has 0 N–H and O–H groups in total. The molecule has 0 atom stereocenters. The van der Waals surface area contributed by atoms with E-state index in [9.17, 15) is 0 Å². The van der Waals surface area contributed by atoms with E-state index in [1.54, 1.807) is 0 Å². The topological polar surface area (TPSA) is 0 Å². The van der Waals surface area contributed by atoms with Crippen molar-refractivity contribution in [2.24, 2.45) is 0 Å². The molecule has 14 rings (SSSR count). The highest BCUT2D eigenvalue weighted by Crippen LogP contribution is 2.64. The van der Waals surface area contributed by atoms with E-state index in [0.717, 1.165) is 0 Å². The summed E-state index contributed by atoms with van der Waals surface area (Å²) in [6, 6.07) is 108. The lowest BCUT2D eigenvalue weighted by Gasteiger charge is -2.32. The minimum absolute atomic E-state index is 0. The van der Waals surface area contributed by atoms with Crippen molar-refractivity contribution in [3.8, 4) is 111 Å². The lowest BCUT2D eigenvalue weighted by Crippen LogP contribution is -2.26. The van der Waals surface area contributed by atoms with Crippen LogP contribution in [0.3, 0.4) is 0 Å². The molecule has 0 heteroatoms. The third-order valence-electron chi connectivity index (χ3n) is 15.6. The van der Waals surface area contributed by atoms with Crippen LogP contribution in [-0.4, -0.2) is 0 Å². The van der Waals surface area contributed by atoms with E-state index in [4.69, 9.17) is 0 Å². The highest BCUT2D eigenvalue weighted by Gasteiger charge is 2.52. The van der Waals surface area contributed by atoms with Gasteiger partial charge in [0.1, 0.15) is 0 Å². The first kappa shape index (κ1) is 44.6. The van der Waals surface area contributed by atoms with Crippen molar-refractivity contribution < 1.29 is 0 Å². The van der Waals surface area contributed by atoms with Gasteiger partial charge in [-0.3, -0.25) is 0 Å². The van der Waals surface area contributed by atoms with Crippen molar-refractivity contribution in [1.29, 1.82) is 0 Å². The molecule has 348 valence electrons. The van der Waals surface area contributed by atoms with Gasteiger partial charge < -0.3 is 0 Å². The van der Waals surface area contributed by atoms with Crippen LogP contribution < -0.4 is 0 Å². The molecule has 74 heavy (non-hydrogen) atoms. The van der Waals surface area contributed by atoms with Crippen LogP contribution in [0, 0.1) is 0 Å². The van der Waals surface area contributed by atoms with Crippen molar-refractivity contribution in [3.63, 3.8) is 0 Å². The van der Waals surface area contributed by atoms with Gasteiger partial charge in [-0.1, -0.05) is 274 Å². The predicted molar refractivity (Wildman–Crippen MR) is 313 cm³/mol. The van der Waals surface area contributed by atoms with E-state index in [1.807, 2.05) is 0 Å². The number of hydrogen-bond donors (Lipinski definition) is 0. The van der Waals surface area contributed by atoms with Gasteiger partial charge in [-0.05, 0) is 158 Å². The van der Waals surface area contributed by atoms with E-state index in [0.29, 0.717) is 0 Å². The summed E-state index contributed by atoms with van der Waals surface area (Å²) >= 11 is 0. The summed E-state index contributed by atoms with van der Waals surface area (Å²) in [5.41, 5.74) is 29.1. The fourth-order valence-electron chi connectivity index (χ4n) is 11.9. The molecule has 1 spiro atoms. The van der Waals surface area contributed by atoms with Crippen molar-refractivity contribution in [1.82, 2.24) is 0 Å². The molecule has 0 saturated carbocycles. The van der Waals surface area contributed by atoms with Crippen LogP contribution >= 0.6 is 0 Å². The van der Waals surface area contributed by atoms with E-state index in [1.165, 1.54) is 134 Å². The summed E-state index contributed by atoms with van der Waals surface area (Å²) in [6.45, 7) is 0. The summed E-state index contributed by atoms with van der Waals surface area (Å²) in [5, 5.41) is 0. The molecule has 0 fully saturated rings. The minimum atomic E-state index is -0.630. The van der Waals surface area contributed by atoms with Gasteiger partial charge in [-0.15, -0.1) is 0 Å². The fourth-order valence-corrected chi connectivity index (χ4v) is 11.9. The molecule has 0 unspecified atom stereocenters. The molecule has 0 radical (unpaired) electrons. The van der Waals surface area contributed by atoms with Gasteiger partial charge in [0.25, 0.3) is 0 Å². The average molecular weight is 941 g/mol. The van der Waals surface area contributed by atoms with E-state index in [2.05, 4.69) is 291 Å². The van der Waals surface area contributed by atoms with Crippen molar-refractivity contribution in [2.75, 3.05) is 0 Å². The quantitative estimate of drug-likeness (QED) is 0.142. The largest absolute Gasteiger partial charge is 0.0776 e. The lowest BCUT2D eigenvalue weighted by molar-refractivity contribution is 0.795. The van der Waals surface area contributed by atoms with E-state index in [-0.39, 0.29) is 7.43 Å². The predicted octanol–water partition coefficient (Wildman–Crippen LogP) is 20.0. The lowest BCUT2D eigenvalue weighted by atomic mass is 9.69. The smallest absolute Gasteiger partial charge is 0.0726 e. The van der Waals surface area contributed by atoms with E-state index < -0.39 is 5.41 Å². The Morgan fingerprint density at radius 3 is 0.486 bits per heavy atom. The maximum Gasteiger partial charge on any atom is 0.0726 e. The first-order valence-electron chi connectivity index (χ1n) is 25.4. The number of rotatable bonds is 8. The second-order valence-electron chi connectivity index (χ2n) is 19.6. The van der Waals surface area contributed by atoms with Crippen LogP contribution in [0.5, 0.6) is 0 Å². The Morgan fingerprint density at radius 1 is 0.149 bits per heavy atom. The molecular formula is C74H52. The number of hydrogen-bond acceptors (Lipinski definition) is 0. The first-order chi connectivity index (χ1) is 36.2. The van der Waals surface area contributed by atoms with Gasteiger partial charge in [0.15, 0.2) is 0 Å². The molecule has 12 aromatic rings. The summed E-state index contributed by atoms with van der Waals surface area (Å²) in [5.74, 6) is 0. The molecule has 0 bridgehead atoms. The van der Waals surface area contributed by atoms with Crippen LogP contribution in [0.2, 0.25) is 0 Å². The zero-order valence-electron chi connectivity index (χ0n) is 40.2. The van der Waals surface area contributed by atoms with Crippen molar-refractivity contribution in [3.05, 3.63) is 313 Å². The Bertz CT molecular complexity index is 3450. The molecule has 2 aliphatic rings. The Balaban J connectivity index is 0.00000528. The Kier molecular flexibility index (Phi) is 11.1. The second-order valence-corrected chi connectivity index (χ2v) is 19.6. The third kappa shape index (κ3) is 7.46. The molecule has 0 saturated heterocycles. The third-order valence-corrected chi connectivity index (χ3v) is 15.6. The minimum Gasteiger partial charge on any atom is -0.0776 e. The molecule has 2 aliphatic carbocycles. The molecule has 0 aromatic heterocycles. The zero-order valence-corrected chi connectivity index (χ0v) is 40.2. The summed E-state index contributed by atoms with van der Waals surface area (Å²) in [7, 11) is 0. The summed E-state index contributed by atoms with van der Waals surface area (Å²) in [4.78, 5) is 0. The van der Waals surface area contributed by atoms with E-state index >= 15 is 0 Å². The first-order valence-corrected chi connectivity index (χ1v) is 25.4. The number of fused-ring (bicyclic) bond motifs is 10. The second kappa shape index (κ2) is 18.4. The Labute approximate surface area is 435 Å². The SMILES string of the molecule is C.c1ccc(-c2ccc(-c3ccc4c(c3)C3(c5cc(-c6ccc(-c7ccccc7)cc6)ccc5-4)c4cc(-c5ccc(-c6ccccc6)cc5)ccc4-c4ccc(-c5ccc(-c6ccccc6)cc5)cc43)cc2)cc1. The van der Waals surface area contributed by atoms with Gasteiger partial charge in [0, 0.05) is 0 Å². The van der Waals surface area contributed by atoms with Crippen LogP contribution in [0.25, 0.3) is 111 Å². The zero-order chi connectivity index (χ0) is 48.3. The van der Waals surface area contributed by atoms with Gasteiger partial charge in [-0.25, -0.2) is 0 Å².